The van der Waals surface area contributed by atoms with Crippen LogP contribution < -0.4 is 10.2 Å². The third kappa shape index (κ3) is 3.13. The van der Waals surface area contributed by atoms with E-state index >= 15 is 0 Å². The van der Waals surface area contributed by atoms with E-state index < -0.39 is 0 Å². The van der Waals surface area contributed by atoms with E-state index in [0.29, 0.717) is 6.54 Å². The summed E-state index contributed by atoms with van der Waals surface area (Å²) in [5.74, 6) is 0. The van der Waals surface area contributed by atoms with Gasteiger partial charge in [0, 0.05) is 18.4 Å². The maximum absolute atomic E-state index is 11.7. The van der Waals surface area contributed by atoms with E-state index in [0.717, 1.165) is 29.8 Å². The molecule has 0 radical (unpaired) electrons. The van der Waals surface area contributed by atoms with Gasteiger partial charge in [-0.15, -0.1) is 0 Å². The molecule has 6 heteroatoms. The number of carbonyl (C=O) groups is 1. The van der Waals surface area contributed by atoms with E-state index in [-0.39, 0.29) is 11.7 Å². The lowest BCUT2D eigenvalue weighted by Gasteiger charge is -2.28. The van der Waals surface area contributed by atoms with E-state index in [4.69, 9.17) is 15.3 Å². The Morgan fingerprint density at radius 1 is 1.43 bits per heavy atom. The summed E-state index contributed by atoms with van der Waals surface area (Å²) in [4.78, 5) is 13.3. The second-order valence-corrected chi connectivity index (χ2v) is 4.49. The molecule has 2 rings (SSSR count). The first-order valence-corrected chi connectivity index (χ1v) is 6.45. The largest absolute Gasteiger partial charge is 0.452 e. The smallest absolute Gasteiger partial charge is 0.414 e. The Morgan fingerprint density at radius 2 is 2.19 bits per heavy atom. The molecule has 0 saturated heterocycles. The van der Waals surface area contributed by atoms with Gasteiger partial charge >= 0.3 is 6.09 Å². The summed E-state index contributed by atoms with van der Waals surface area (Å²) in [5, 5.41) is 20.3. The summed E-state index contributed by atoms with van der Waals surface area (Å²) in [6.45, 7) is 0.638. The number of nitrogens with zero attached hydrogens (tertiary/aromatic N) is 3. The van der Waals surface area contributed by atoms with Crippen molar-refractivity contribution in [2.75, 3.05) is 23.9 Å². The molecular weight excluding hydrogens is 268 g/mol. The van der Waals surface area contributed by atoms with Gasteiger partial charge in [0.2, 0.25) is 0 Å². The Balaban J connectivity index is 2.24. The molecule has 1 aliphatic rings. The molecule has 0 fully saturated rings. The Labute approximate surface area is 122 Å². The summed E-state index contributed by atoms with van der Waals surface area (Å²) < 4.78 is 4.77. The van der Waals surface area contributed by atoms with Gasteiger partial charge in [-0.1, -0.05) is 0 Å². The quantitative estimate of drug-likeness (QED) is 0.842. The third-order valence-electron chi connectivity index (χ3n) is 3.22. The average molecular weight is 282 g/mol. The lowest BCUT2D eigenvalue weighted by atomic mass is 10.0. The number of allylic oxidation sites excluding steroid dienone is 1. The summed E-state index contributed by atoms with van der Waals surface area (Å²) in [6, 6.07) is 9.10. The van der Waals surface area contributed by atoms with E-state index in [1.54, 1.807) is 23.1 Å². The van der Waals surface area contributed by atoms with Crippen LogP contribution >= 0.6 is 0 Å². The number of rotatable bonds is 2. The van der Waals surface area contributed by atoms with Crippen molar-refractivity contribution in [3.8, 4) is 12.1 Å². The van der Waals surface area contributed by atoms with E-state index in [2.05, 4.69) is 5.32 Å². The predicted octanol–water partition coefficient (Wildman–Crippen LogP) is 2.55. The normalized spacial score (nSPS) is 12.4. The first kappa shape index (κ1) is 14.4. The van der Waals surface area contributed by atoms with Crippen LogP contribution in [-0.2, 0) is 11.2 Å². The molecule has 0 saturated carbocycles. The number of carbonyl (C=O) groups excluding carboxylic acids is 1. The molecule has 1 N–H and O–H groups in total. The van der Waals surface area contributed by atoms with E-state index in [1.165, 1.54) is 13.3 Å². The monoisotopic (exact) mass is 282 g/mol. The van der Waals surface area contributed by atoms with Crippen molar-refractivity contribution in [2.24, 2.45) is 0 Å². The fourth-order valence-corrected chi connectivity index (χ4v) is 2.23. The number of anilines is 2. The second-order valence-electron chi connectivity index (χ2n) is 4.49. The third-order valence-corrected chi connectivity index (χ3v) is 3.22. The number of hydrogen-bond donors (Lipinski definition) is 1. The van der Waals surface area contributed by atoms with Gasteiger partial charge < -0.3 is 10.1 Å². The standard InChI is InChI=1S/C15H14N4O2/c1-21-15(20)19-6-2-3-12-7-13(4-5-14(12)19)18-10-11(8-16)9-17/h4-5,7,10,18H,2-3,6H2,1H3. The van der Waals surface area contributed by atoms with Crippen LogP contribution in [0.1, 0.15) is 12.0 Å². The Kier molecular flexibility index (Phi) is 4.43. The van der Waals surface area contributed by atoms with Crippen LogP contribution in [0.2, 0.25) is 0 Å². The highest BCUT2D eigenvalue weighted by Crippen LogP contribution is 2.30. The van der Waals surface area contributed by atoms with Crippen molar-refractivity contribution >= 4 is 17.5 Å². The van der Waals surface area contributed by atoms with Crippen LogP contribution in [0.3, 0.4) is 0 Å². The minimum absolute atomic E-state index is 0.00362. The number of hydrogen-bond acceptors (Lipinski definition) is 5. The first-order valence-electron chi connectivity index (χ1n) is 6.45. The number of amides is 1. The molecule has 21 heavy (non-hydrogen) atoms. The van der Waals surface area contributed by atoms with Crippen LogP contribution in [-0.4, -0.2) is 19.7 Å². The minimum Gasteiger partial charge on any atom is -0.452 e. The number of nitrogens with one attached hydrogen (secondary N) is 1. The van der Waals surface area contributed by atoms with Crippen molar-refractivity contribution in [1.82, 2.24) is 0 Å². The maximum Gasteiger partial charge on any atom is 0.414 e. The number of ether oxygens (including phenoxy) is 1. The molecule has 0 spiro atoms. The van der Waals surface area contributed by atoms with Gasteiger partial charge in [0.15, 0.2) is 0 Å². The summed E-state index contributed by atoms with van der Waals surface area (Å²) >= 11 is 0. The number of aryl methyl sites for hydroxylation is 1. The Hall–Kier alpha value is -2.99. The second kappa shape index (κ2) is 6.44. The number of fused-ring (bicyclic) bond motifs is 1. The molecule has 0 aliphatic carbocycles. The van der Waals surface area contributed by atoms with Crippen molar-refractivity contribution in [3.63, 3.8) is 0 Å². The van der Waals surface area contributed by atoms with E-state index in [9.17, 15) is 4.79 Å². The summed E-state index contributed by atoms with van der Waals surface area (Å²) in [7, 11) is 1.36. The molecular formula is C15H14N4O2. The lowest BCUT2D eigenvalue weighted by Crippen LogP contribution is -2.35. The van der Waals surface area contributed by atoms with Gasteiger partial charge in [-0.3, -0.25) is 4.90 Å². The van der Waals surface area contributed by atoms with Crippen molar-refractivity contribution in [3.05, 3.63) is 35.5 Å². The van der Waals surface area contributed by atoms with Crippen LogP contribution in [0.15, 0.2) is 30.0 Å². The molecule has 1 heterocycles. The molecule has 1 aromatic rings. The van der Waals surface area contributed by atoms with Crippen molar-refractivity contribution < 1.29 is 9.53 Å². The first-order chi connectivity index (χ1) is 10.2. The zero-order valence-corrected chi connectivity index (χ0v) is 11.6. The van der Waals surface area contributed by atoms with Gasteiger partial charge in [0.05, 0.1) is 12.8 Å². The van der Waals surface area contributed by atoms with Gasteiger partial charge in [-0.2, -0.15) is 10.5 Å². The highest BCUT2D eigenvalue weighted by atomic mass is 16.5. The summed E-state index contributed by atoms with van der Waals surface area (Å²) in [6.07, 6.45) is 2.73. The van der Waals surface area contributed by atoms with Crippen molar-refractivity contribution in [2.45, 2.75) is 12.8 Å². The fourth-order valence-electron chi connectivity index (χ4n) is 2.23. The zero-order chi connectivity index (χ0) is 15.2. The topological polar surface area (TPSA) is 89.2 Å². The van der Waals surface area contributed by atoms with Crippen LogP contribution in [0.25, 0.3) is 0 Å². The molecule has 0 unspecified atom stereocenters. The maximum atomic E-state index is 11.7. The Bertz CT molecular complexity index is 651. The molecule has 6 nitrogen and oxygen atoms in total. The number of benzene rings is 1. The molecule has 106 valence electrons. The van der Waals surface area contributed by atoms with Gasteiger partial charge in [-0.05, 0) is 36.6 Å². The predicted molar refractivity (Wildman–Crippen MR) is 77.4 cm³/mol. The highest BCUT2D eigenvalue weighted by Gasteiger charge is 2.22. The molecule has 1 aliphatic heterocycles. The SMILES string of the molecule is COC(=O)N1CCCc2cc(NC=C(C#N)C#N)ccc21. The average Bonchev–Trinajstić information content (AvgIpc) is 2.54. The molecule has 1 amide bonds. The van der Waals surface area contributed by atoms with Gasteiger partial charge in [0.1, 0.15) is 17.7 Å². The van der Waals surface area contributed by atoms with Crippen LogP contribution in [0, 0.1) is 22.7 Å². The fraction of sp³-hybridized carbons (Fsp3) is 0.267. The van der Waals surface area contributed by atoms with Gasteiger partial charge in [0.25, 0.3) is 0 Å². The molecule has 0 atom stereocenters. The molecule has 0 aromatic heterocycles. The van der Waals surface area contributed by atoms with Crippen molar-refractivity contribution in [1.29, 1.82) is 10.5 Å². The number of methoxy groups -OCH3 is 1. The highest BCUT2D eigenvalue weighted by molar-refractivity contribution is 5.89. The Morgan fingerprint density at radius 3 is 2.86 bits per heavy atom. The van der Waals surface area contributed by atoms with Crippen LogP contribution in [0.4, 0.5) is 16.2 Å². The zero-order valence-electron chi connectivity index (χ0n) is 11.6. The minimum atomic E-state index is -0.368. The van der Waals surface area contributed by atoms with E-state index in [1.807, 2.05) is 12.1 Å². The van der Waals surface area contributed by atoms with Gasteiger partial charge in [-0.25, -0.2) is 4.79 Å². The summed E-state index contributed by atoms with van der Waals surface area (Å²) in [5.41, 5.74) is 2.64. The lowest BCUT2D eigenvalue weighted by molar-refractivity contribution is 0.178. The van der Waals surface area contributed by atoms with Crippen LogP contribution in [0.5, 0.6) is 0 Å². The number of nitriles is 2. The molecule has 1 aromatic carbocycles. The molecule has 0 bridgehead atoms.